The van der Waals surface area contributed by atoms with E-state index in [1.807, 2.05) is 0 Å². The Kier molecular flexibility index (Phi) is 6.97. The monoisotopic (exact) mass is 531 g/mol. The van der Waals surface area contributed by atoms with Gasteiger partial charge in [-0.2, -0.15) is 9.68 Å². The number of fused-ring (bicyclic) bond motifs is 1. The maximum atomic E-state index is 13.6. The molecule has 40 heavy (non-hydrogen) atoms. The molecule has 0 fully saturated rings. The maximum absolute atomic E-state index is 13.6. The van der Waals surface area contributed by atoms with Crippen LogP contribution in [0.1, 0.15) is 11.9 Å². The van der Waals surface area contributed by atoms with E-state index >= 15 is 0 Å². The Morgan fingerprint density at radius 2 is 1.80 bits per heavy atom. The summed E-state index contributed by atoms with van der Waals surface area (Å²) < 4.78 is 6.47. The van der Waals surface area contributed by atoms with E-state index in [0.717, 1.165) is 4.57 Å². The van der Waals surface area contributed by atoms with Gasteiger partial charge >= 0.3 is 11.9 Å². The van der Waals surface area contributed by atoms with Gasteiger partial charge in [-0.1, -0.05) is 47.5 Å². The van der Waals surface area contributed by atoms with Gasteiger partial charge in [-0.15, -0.1) is 0 Å². The second-order valence-electron chi connectivity index (χ2n) is 7.94. The van der Waals surface area contributed by atoms with Crippen LogP contribution in [-0.2, 0) is 4.79 Å². The molecule has 194 valence electrons. The number of aromatic amines is 1. The van der Waals surface area contributed by atoms with E-state index in [9.17, 15) is 9.59 Å². The van der Waals surface area contributed by atoms with Crippen LogP contribution in [0.4, 0.5) is 23.3 Å². The number of anilines is 1. The molecule has 1 amide bonds. The number of nitrogens with one attached hydrogen (secondary N) is 2. The van der Waals surface area contributed by atoms with Crippen LogP contribution in [0.2, 0.25) is 0 Å². The summed E-state index contributed by atoms with van der Waals surface area (Å²) in [5.41, 5.74) is 0.218. The summed E-state index contributed by atoms with van der Waals surface area (Å²) in [5.74, 6) is -1.02. The lowest BCUT2D eigenvalue weighted by molar-refractivity contribution is -0.117. The summed E-state index contributed by atoms with van der Waals surface area (Å²) in [6, 6.07) is 13.5. The third-order valence-corrected chi connectivity index (χ3v) is 5.55. The van der Waals surface area contributed by atoms with Gasteiger partial charge in [0.25, 0.3) is 23.1 Å². The molecule has 0 saturated heterocycles. The first kappa shape index (κ1) is 25.4. The van der Waals surface area contributed by atoms with Crippen LogP contribution in [0.15, 0.2) is 82.0 Å². The molecule has 5 aromatic rings. The highest BCUT2D eigenvalue weighted by Gasteiger charge is 2.29. The Labute approximate surface area is 225 Å². The molecule has 2 aromatic carbocycles. The first-order valence-corrected chi connectivity index (χ1v) is 11.5. The van der Waals surface area contributed by atoms with Gasteiger partial charge in [-0.25, -0.2) is 15.0 Å². The highest BCUT2D eigenvalue weighted by atomic mass is 16.5. The number of hydrogen-bond donors (Lipinski definition) is 2. The molecule has 0 spiro atoms. The number of benzene rings is 2. The minimum absolute atomic E-state index is 0.0251. The van der Waals surface area contributed by atoms with E-state index in [2.05, 4.69) is 50.2 Å². The molecule has 1 unspecified atom stereocenters. The van der Waals surface area contributed by atoms with Gasteiger partial charge in [0.05, 0.1) is 23.7 Å². The summed E-state index contributed by atoms with van der Waals surface area (Å²) in [5, 5.41) is 11.3. The number of azo groups is 1. The van der Waals surface area contributed by atoms with Gasteiger partial charge in [0.15, 0.2) is 0 Å². The Morgan fingerprint density at radius 3 is 2.55 bits per heavy atom. The van der Waals surface area contributed by atoms with E-state index < -0.39 is 17.5 Å². The normalized spacial score (nSPS) is 11.6. The Balaban J connectivity index is 1.64. The van der Waals surface area contributed by atoms with Gasteiger partial charge in [-0.3, -0.25) is 9.59 Å². The number of ether oxygens (including phenoxy) is 1. The van der Waals surface area contributed by atoms with Gasteiger partial charge < -0.3 is 24.7 Å². The number of methoxy groups -OCH3 is 1. The number of rotatable bonds is 7. The van der Waals surface area contributed by atoms with Crippen LogP contribution in [0.3, 0.4) is 0 Å². The predicted molar refractivity (Wildman–Crippen MR) is 143 cm³/mol. The zero-order valence-corrected chi connectivity index (χ0v) is 20.7. The topological polar surface area (TPSA) is 161 Å². The minimum Gasteiger partial charge on any atom is -0.495 e. The van der Waals surface area contributed by atoms with Crippen LogP contribution in [-0.4, -0.2) is 42.5 Å². The van der Waals surface area contributed by atoms with Crippen molar-refractivity contribution < 1.29 is 9.53 Å². The number of imidazole rings is 1. The third kappa shape index (κ3) is 4.83. The predicted octanol–water partition coefficient (Wildman–Crippen LogP) is 4.47. The van der Waals surface area contributed by atoms with Crippen molar-refractivity contribution in [3.05, 3.63) is 106 Å². The molecule has 0 aliphatic rings. The average Bonchev–Trinajstić information content (AvgIpc) is 3.35. The molecule has 14 nitrogen and oxygen atoms in total. The zero-order chi connectivity index (χ0) is 28.1. The van der Waals surface area contributed by atoms with E-state index in [4.69, 9.17) is 17.9 Å². The minimum atomic E-state index is -1.48. The molecule has 0 radical (unpaired) electrons. The van der Waals surface area contributed by atoms with Crippen LogP contribution in [0, 0.1) is 13.1 Å². The van der Waals surface area contributed by atoms with Crippen molar-refractivity contribution in [2.24, 2.45) is 10.2 Å². The molecule has 3 heterocycles. The second-order valence-corrected chi connectivity index (χ2v) is 7.94. The van der Waals surface area contributed by atoms with Gasteiger partial charge in [0, 0.05) is 12.4 Å². The summed E-state index contributed by atoms with van der Waals surface area (Å²) in [4.78, 5) is 52.4. The fourth-order valence-electron chi connectivity index (χ4n) is 3.75. The van der Waals surface area contributed by atoms with Crippen molar-refractivity contribution in [3.8, 4) is 11.7 Å². The first-order chi connectivity index (χ1) is 19.5. The Morgan fingerprint density at radius 1 is 1.05 bits per heavy atom. The van der Waals surface area contributed by atoms with E-state index in [0.29, 0.717) is 22.3 Å². The number of H-pyrrole nitrogens is 1. The van der Waals surface area contributed by atoms with Crippen molar-refractivity contribution in [2.75, 3.05) is 12.4 Å². The second kappa shape index (κ2) is 11.0. The number of hydrogen-bond acceptors (Lipinski definition) is 9. The summed E-state index contributed by atoms with van der Waals surface area (Å²) in [6.07, 6.45) is 2.89. The van der Waals surface area contributed by atoms with Crippen molar-refractivity contribution in [2.45, 2.75) is 6.04 Å². The van der Waals surface area contributed by atoms with Gasteiger partial charge in [-0.05, 0) is 30.3 Å². The number of aromatic nitrogens is 6. The van der Waals surface area contributed by atoms with Crippen LogP contribution in [0.5, 0.6) is 5.75 Å². The third-order valence-electron chi connectivity index (χ3n) is 5.55. The summed E-state index contributed by atoms with van der Waals surface area (Å²) in [6.45, 7) is 15.0. The van der Waals surface area contributed by atoms with Gasteiger partial charge in [0.1, 0.15) is 11.6 Å². The van der Waals surface area contributed by atoms with Crippen LogP contribution in [0.25, 0.3) is 26.5 Å². The number of carbonyl (C=O) groups excluding carboxylic acids is 1. The molecule has 0 aliphatic carbocycles. The molecule has 2 N–H and O–H groups in total. The Hall–Kier alpha value is -6.28. The van der Waals surface area contributed by atoms with Gasteiger partial charge in [0.2, 0.25) is 6.04 Å². The molecular weight excluding hydrogens is 514 g/mol. The fraction of sp³-hybridized carbons (Fsp3) is 0.0769. The lowest BCUT2D eigenvalue weighted by atomic mass is 10.2. The summed E-state index contributed by atoms with van der Waals surface area (Å²) in [7, 11) is 1.46. The average molecular weight is 531 g/mol. The van der Waals surface area contributed by atoms with E-state index in [1.165, 1.54) is 19.5 Å². The highest BCUT2D eigenvalue weighted by Crippen LogP contribution is 2.35. The number of amides is 1. The van der Waals surface area contributed by atoms with Crippen molar-refractivity contribution in [1.29, 1.82) is 0 Å². The van der Waals surface area contributed by atoms with E-state index in [-0.39, 0.29) is 29.4 Å². The molecule has 3 aromatic heterocycles. The summed E-state index contributed by atoms with van der Waals surface area (Å²) >= 11 is 0. The lowest BCUT2D eigenvalue weighted by Gasteiger charge is -2.14. The van der Waals surface area contributed by atoms with E-state index in [1.54, 1.807) is 54.6 Å². The Bertz CT molecular complexity index is 1900. The first-order valence-electron chi connectivity index (χ1n) is 11.5. The number of carbonyl (C=O) groups is 1. The zero-order valence-electron chi connectivity index (χ0n) is 20.7. The van der Waals surface area contributed by atoms with Crippen LogP contribution < -0.4 is 15.6 Å². The quantitative estimate of drug-likeness (QED) is 0.231. The molecular formula is C26H17N11O3. The fourth-order valence-corrected chi connectivity index (χ4v) is 3.75. The van der Waals surface area contributed by atoms with Crippen molar-refractivity contribution in [1.82, 2.24) is 29.5 Å². The highest BCUT2D eigenvalue weighted by molar-refractivity contribution is 5.96. The molecule has 1 atom stereocenters. The largest absolute Gasteiger partial charge is 0.495 e. The molecule has 14 heteroatoms. The number of nitrogens with zero attached hydrogens (tertiary/aromatic N) is 9. The lowest BCUT2D eigenvalue weighted by Crippen LogP contribution is -2.24. The molecule has 0 saturated carbocycles. The smallest absolute Gasteiger partial charge is 0.424 e. The molecule has 0 bridgehead atoms. The SMILES string of the molecule is [C-]#[N+]c1nc(N=NC(C(=O)Nc2ccccc2OC)c2nc3ccccc3c(=O)[nH]2)n(-c2ncccn2)c1[N+]#[C-]. The van der Waals surface area contributed by atoms with Crippen molar-refractivity contribution in [3.63, 3.8) is 0 Å². The molecule has 5 rings (SSSR count). The maximum Gasteiger partial charge on any atom is 0.424 e. The van der Waals surface area contributed by atoms with Crippen molar-refractivity contribution >= 4 is 40.1 Å². The molecule has 0 aliphatic heterocycles. The van der Waals surface area contributed by atoms with Crippen LogP contribution >= 0.6 is 0 Å². The standard InChI is InChI=1S/C26H17N11O3/c1-27-21-22(28-2)37(25-29-13-8-14-30-25)26(34-21)36-35-19(24(39)32-17-11-6-7-12-18(17)40-3)20-31-16-10-5-4-9-15(16)23(38)33-20/h4-14,19H,3H3,(H,32,39)(H,31,33,38). The number of para-hydroxylation sites is 3.